The summed E-state index contributed by atoms with van der Waals surface area (Å²) >= 11 is 0. The van der Waals surface area contributed by atoms with Crippen molar-refractivity contribution in [3.63, 3.8) is 0 Å². The minimum absolute atomic E-state index is 0.0923. The molecule has 1 N–H and O–H groups in total. The van der Waals surface area contributed by atoms with Crippen molar-refractivity contribution in [2.45, 2.75) is 69.9 Å². The van der Waals surface area contributed by atoms with Crippen LogP contribution in [0.15, 0.2) is 0 Å². The number of rotatable bonds is 4. The number of nitrogens with zero attached hydrogens (tertiary/aromatic N) is 1. The zero-order valence-electron chi connectivity index (χ0n) is 11.7. The van der Waals surface area contributed by atoms with Crippen LogP contribution in [-0.2, 0) is 9.53 Å². The van der Waals surface area contributed by atoms with Crippen LogP contribution in [0.3, 0.4) is 0 Å². The van der Waals surface area contributed by atoms with Gasteiger partial charge in [0.15, 0.2) is 0 Å². The summed E-state index contributed by atoms with van der Waals surface area (Å²) in [5.74, 6) is -0.0923. The van der Waals surface area contributed by atoms with E-state index in [0.29, 0.717) is 0 Å². The third-order valence-corrected chi connectivity index (χ3v) is 3.69. The Morgan fingerprint density at radius 3 is 2.33 bits per heavy atom. The van der Waals surface area contributed by atoms with Gasteiger partial charge in [-0.25, -0.2) is 0 Å². The molecule has 1 saturated carbocycles. The molecule has 102 valence electrons. The topological polar surface area (TPSA) is 62.1 Å². The molecule has 18 heavy (non-hydrogen) atoms. The Bertz CT molecular complexity index is 323. The van der Waals surface area contributed by atoms with Crippen molar-refractivity contribution in [3.8, 4) is 6.07 Å². The van der Waals surface area contributed by atoms with Crippen LogP contribution < -0.4 is 5.32 Å². The molecule has 0 spiro atoms. The Labute approximate surface area is 110 Å². The number of carbonyl (C=O) groups is 1. The Hall–Kier alpha value is -1.08. The van der Waals surface area contributed by atoms with Gasteiger partial charge < -0.3 is 10.1 Å². The number of hydrogen-bond acceptors (Lipinski definition) is 3. The largest absolute Gasteiger partial charge is 0.378 e. The van der Waals surface area contributed by atoms with Crippen LogP contribution in [-0.4, -0.2) is 24.2 Å². The second kappa shape index (κ2) is 6.19. The second-order valence-corrected chi connectivity index (χ2v) is 5.80. The number of ether oxygens (including phenoxy) is 1. The summed E-state index contributed by atoms with van der Waals surface area (Å²) in [6, 6.07) is 2.32. The molecular formula is C14H24N2O2. The maximum Gasteiger partial charge on any atom is 0.224 e. The normalized spacial score (nSPS) is 19.7. The highest BCUT2D eigenvalue weighted by Gasteiger charge is 2.34. The molecule has 1 fully saturated rings. The fourth-order valence-corrected chi connectivity index (χ4v) is 2.37. The Balaban J connectivity index is 2.62. The number of nitrogens with one attached hydrogen (secondary N) is 1. The van der Waals surface area contributed by atoms with Crippen LogP contribution in [0.5, 0.6) is 0 Å². The SMILES string of the molecule is COC(C)(C)CC(=O)NC1(C#N)CCCCCC1. The average Bonchev–Trinajstić information content (AvgIpc) is 2.54. The fraction of sp³-hybridized carbons (Fsp3) is 0.857. The van der Waals surface area contributed by atoms with Crippen LogP contribution in [0.25, 0.3) is 0 Å². The fourth-order valence-electron chi connectivity index (χ4n) is 2.37. The van der Waals surface area contributed by atoms with Gasteiger partial charge in [-0.2, -0.15) is 5.26 Å². The summed E-state index contributed by atoms with van der Waals surface area (Å²) in [4.78, 5) is 12.0. The number of methoxy groups -OCH3 is 1. The zero-order chi connectivity index (χ0) is 13.6. The molecular weight excluding hydrogens is 228 g/mol. The van der Waals surface area contributed by atoms with Crippen LogP contribution in [0.4, 0.5) is 0 Å². The van der Waals surface area contributed by atoms with Crippen molar-refractivity contribution >= 4 is 5.91 Å². The lowest BCUT2D eigenvalue weighted by molar-refractivity contribution is -0.127. The zero-order valence-corrected chi connectivity index (χ0v) is 11.7. The van der Waals surface area contributed by atoms with Crippen molar-refractivity contribution < 1.29 is 9.53 Å². The number of amides is 1. The smallest absolute Gasteiger partial charge is 0.224 e. The Kier molecular flexibility index (Phi) is 5.15. The minimum atomic E-state index is -0.655. The van der Waals surface area contributed by atoms with Crippen LogP contribution in [0.1, 0.15) is 58.8 Å². The molecule has 0 aromatic rings. The van der Waals surface area contributed by atoms with Crippen LogP contribution >= 0.6 is 0 Å². The lowest BCUT2D eigenvalue weighted by Gasteiger charge is -2.29. The summed E-state index contributed by atoms with van der Waals surface area (Å²) in [6.45, 7) is 3.75. The molecule has 1 amide bonds. The second-order valence-electron chi connectivity index (χ2n) is 5.80. The van der Waals surface area contributed by atoms with Crippen molar-refractivity contribution in [2.75, 3.05) is 7.11 Å². The van der Waals surface area contributed by atoms with E-state index in [9.17, 15) is 10.1 Å². The predicted octanol–water partition coefficient (Wildman–Crippen LogP) is 2.53. The first-order chi connectivity index (χ1) is 8.43. The van der Waals surface area contributed by atoms with Gasteiger partial charge in [-0.1, -0.05) is 25.7 Å². The molecule has 0 bridgehead atoms. The van der Waals surface area contributed by atoms with Gasteiger partial charge in [0.05, 0.1) is 18.1 Å². The first-order valence-corrected chi connectivity index (χ1v) is 6.70. The maximum atomic E-state index is 12.0. The van der Waals surface area contributed by atoms with E-state index in [1.54, 1.807) is 7.11 Å². The lowest BCUT2D eigenvalue weighted by atomic mass is 9.91. The molecule has 0 aromatic carbocycles. The van der Waals surface area contributed by atoms with Gasteiger partial charge >= 0.3 is 0 Å². The number of nitriles is 1. The quantitative estimate of drug-likeness (QED) is 0.782. The summed E-state index contributed by atoms with van der Waals surface area (Å²) in [7, 11) is 1.60. The summed E-state index contributed by atoms with van der Waals surface area (Å²) < 4.78 is 5.24. The molecule has 1 rings (SSSR count). The molecule has 0 radical (unpaired) electrons. The van der Waals surface area contributed by atoms with E-state index < -0.39 is 11.1 Å². The summed E-state index contributed by atoms with van der Waals surface area (Å²) in [5, 5.41) is 12.3. The van der Waals surface area contributed by atoms with Gasteiger partial charge in [-0.15, -0.1) is 0 Å². The Morgan fingerprint density at radius 1 is 1.33 bits per heavy atom. The molecule has 0 heterocycles. The standard InChI is InChI=1S/C14H24N2O2/c1-13(2,18-3)10-12(17)16-14(11-15)8-6-4-5-7-9-14/h4-10H2,1-3H3,(H,16,17). The first-order valence-electron chi connectivity index (χ1n) is 6.70. The first kappa shape index (κ1) is 15.0. The van der Waals surface area contributed by atoms with Crippen LogP contribution in [0.2, 0.25) is 0 Å². The van der Waals surface area contributed by atoms with Gasteiger partial charge in [-0.3, -0.25) is 4.79 Å². The van der Waals surface area contributed by atoms with Gasteiger partial charge in [-0.05, 0) is 26.7 Å². The van der Waals surface area contributed by atoms with E-state index in [1.807, 2.05) is 13.8 Å². The van der Waals surface area contributed by atoms with Crippen molar-refractivity contribution in [1.29, 1.82) is 5.26 Å². The van der Waals surface area contributed by atoms with E-state index in [2.05, 4.69) is 11.4 Å². The van der Waals surface area contributed by atoms with E-state index >= 15 is 0 Å². The van der Waals surface area contributed by atoms with Gasteiger partial charge in [0, 0.05) is 7.11 Å². The highest BCUT2D eigenvalue weighted by molar-refractivity contribution is 5.78. The average molecular weight is 252 g/mol. The number of hydrogen-bond donors (Lipinski definition) is 1. The third kappa shape index (κ3) is 4.30. The summed E-state index contributed by atoms with van der Waals surface area (Å²) in [5.41, 5.74) is -1.14. The van der Waals surface area contributed by atoms with E-state index in [-0.39, 0.29) is 12.3 Å². The van der Waals surface area contributed by atoms with E-state index in [4.69, 9.17) is 4.74 Å². The predicted molar refractivity (Wildman–Crippen MR) is 69.9 cm³/mol. The van der Waals surface area contributed by atoms with Crippen molar-refractivity contribution in [1.82, 2.24) is 5.32 Å². The number of carbonyl (C=O) groups excluding carboxylic acids is 1. The van der Waals surface area contributed by atoms with Gasteiger partial charge in [0.1, 0.15) is 5.54 Å². The molecule has 0 saturated heterocycles. The monoisotopic (exact) mass is 252 g/mol. The third-order valence-electron chi connectivity index (χ3n) is 3.69. The lowest BCUT2D eigenvalue weighted by Crippen LogP contribution is -2.48. The van der Waals surface area contributed by atoms with E-state index in [0.717, 1.165) is 38.5 Å². The van der Waals surface area contributed by atoms with Crippen molar-refractivity contribution in [3.05, 3.63) is 0 Å². The molecule has 0 aliphatic heterocycles. The highest BCUT2D eigenvalue weighted by Crippen LogP contribution is 2.27. The molecule has 0 atom stereocenters. The minimum Gasteiger partial charge on any atom is -0.378 e. The van der Waals surface area contributed by atoms with Gasteiger partial charge in [0.2, 0.25) is 5.91 Å². The maximum absolute atomic E-state index is 12.0. The van der Waals surface area contributed by atoms with E-state index in [1.165, 1.54) is 0 Å². The molecule has 0 unspecified atom stereocenters. The molecule has 4 heteroatoms. The molecule has 1 aliphatic rings. The van der Waals surface area contributed by atoms with Crippen LogP contribution in [0, 0.1) is 11.3 Å². The Morgan fingerprint density at radius 2 is 1.89 bits per heavy atom. The summed E-state index contributed by atoms with van der Waals surface area (Å²) in [6.07, 6.45) is 6.16. The molecule has 0 aromatic heterocycles. The molecule has 1 aliphatic carbocycles. The van der Waals surface area contributed by atoms with Crippen molar-refractivity contribution in [2.24, 2.45) is 0 Å². The van der Waals surface area contributed by atoms with Gasteiger partial charge in [0.25, 0.3) is 0 Å². The molecule has 4 nitrogen and oxygen atoms in total. The highest BCUT2D eigenvalue weighted by atomic mass is 16.5.